The van der Waals surface area contributed by atoms with Crippen molar-refractivity contribution < 1.29 is 9.53 Å². The Hall–Kier alpha value is -1.78. The summed E-state index contributed by atoms with van der Waals surface area (Å²) in [5.74, 6) is -0.565. The molecule has 1 aromatic carbocycles. The Balaban J connectivity index is 2.66. The van der Waals surface area contributed by atoms with Crippen LogP contribution >= 0.6 is 23.2 Å². The summed E-state index contributed by atoms with van der Waals surface area (Å²) in [6.45, 7) is 1.92. The van der Waals surface area contributed by atoms with Gasteiger partial charge in [0.1, 0.15) is 0 Å². The number of rotatable bonds is 3. The summed E-state index contributed by atoms with van der Waals surface area (Å²) >= 11 is 11.9. The van der Waals surface area contributed by atoms with Crippen molar-refractivity contribution >= 4 is 29.2 Å². The van der Waals surface area contributed by atoms with Crippen molar-refractivity contribution in [3.63, 3.8) is 0 Å². The molecule has 20 heavy (non-hydrogen) atoms. The Morgan fingerprint density at radius 3 is 2.50 bits per heavy atom. The third kappa shape index (κ3) is 3.03. The van der Waals surface area contributed by atoms with Crippen molar-refractivity contribution in [1.82, 2.24) is 4.98 Å². The zero-order valence-corrected chi connectivity index (χ0v) is 12.1. The van der Waals surface area contributed by atoms with E-state index in [-0.39, 0.29) is 17.7 Å². The molecule has 2 rings (SSSR count). The van der Waals surface area contributed by atoms with E-state index in [0.29, 0.717) is 15.6 Å². The van der Waals surface area contributed by atoms with Gasteiger partial charge in [0.15, 0.2) is 0 Å². The predicted octanol–water partition coefficient (Wildman–Crippen LogP) is 3.53. The van der Waals surface area contributed by atoms with Gasteiger partial charge in [0, 0.05) is 16.2 Å². The molecule has 0 unspecified atom stereocenters. The number of aromatic nitrogens is 1. The summed E-state index contributed by atoms with van der Waals surface area (Å²) in [6.07, 6.45) is 1.39. The standard InChI is InChI=1S/C14H11Cl2NO3/c1-2-20-14(19)11-3-4-17-13(18)12(11)8-5-9(15)7-10(16)6-8/h3-7H,2H2,1H3,(H,17,18). The average molecular weight is 312 g/mol. The van der Waals surface area contributed by atoms with Gasteiger partial charge in [-0.1, -0.05) is 23.2 Å². The van der Waals surface area contributed by atoms with Crippen LogP contribution in [0, 0.1) is 0 Å². The number of benzene rings is 1. The Bertz CT molecular complexity index is 690. The Morgan fingerprint density at radius 2 is 1.90 bits per heavy atom. The van der Waals surface area contributed by atoms with Crippen LogP contribution < -0.4 is 5.56 Å². The van der Waals surface area contributed by atoms with E-state index in [2.05, 4.69) is 4.98 Å². The third-order valence-corrected chi connectivity index (χ3v) is 3.04. The minimum Gasteiger partial charge on any atom is -0.462 e. The fourth-order valence-corrected chi connectivity index (χ4v) is 2.37. The SMILES string of the molecule is CCOC(=O)c1cc[nH]c(=O)c1-c1cc(Cl)cc(Cl)c1. The highest BCUT2D eigenvalue weighted by atomic mass is 35.5. The molecule has 6 heteroatoms. The zero-order chi connectivity index (χ0) is 14.7. The van der Waals surface area contributed by atoms with Crippen molar-refractivity contribution in [3.8, 4) is 11.1 Å². The Labute approximate surface area is 125 Å². The molecule has 1 heterocycles. The minimum absolute atomic E-state index is 0.175. The molecule has 0 atom stereocenters. The molecule has 0 saturated carbocycles. The molecule has 0 spiro atoms. The van der Waals surface area contributed by atoms with E-state index in [1.807, 2.05) is 0 Å². The summed E-state index contributed by atoms with van der Waals surface area (Å²) in [5, 5.41) is 0.760. The summed E-state index contributed by atoms with van der Waals surface area (Å²) in [7, 11) is 0. The number of H-pyrrole nitrogens is 1. The number of carbonyl (C=O) groups is 1. The second kappa shape index (κ2) is 6.11. The molecule has 0 aliphatic carbocycles. The topological polar surface area (TPSA) is 59.2 Å². The van der Waals surface area contributed by atoms with Crippen LogP contribution in [0.15, 0.2) is 35.3 Å². The van der Waals surface area contributed by atoms with Gasteiger partial charge < -0.3 is 9.72 Å². The lowest BCUT2D eigenvalue weighted by Gasteiger charge is -2.08. The lowest BCUT2D eigenvalue weighted by Crippen LogP contribution is -2.16. The maximum atomic E-state index is 12.0. The Morgan fingerprint density at radius 1 is 1.25 bits per heavy atom. The minimum atomic E-state index is -0.565. The number of ether oxygens (including phenoxy) is 1. The van der Waals surface area contributed by atoms with E-state index in [0.717, 1.165) is 0 Å². The van der Waals surface area contributed by atoms with E-state index in [9.17, 15) is 9.59 Å². The monoisotopic (exact) mass is 311 g/mol. The third-order valence-electron chi connectivity index (χ3n) is 2.61. The number of carbonyl (C=O) groups excluding carboxylic acids is 1. The van der Waals surface area contributed by atoms with Crippen molar-refractivity contribution in [1.29, 1.82) is 0 Å². The number of pyridine rings is 1. The molecule has 0 fully saturated rings. The molecule has 0 aliphatic rings. The lowest BCUT2D eigenvalue weighted by molar-refractivity contribution is 0.0527. The molecule has 1 aromatic heterocycles. The molecule has 104 valence electrons. The van der Waals surface area contributed by atoms with Gasteiger partial charge in [-0.3, -0.25) is 4.79 Å². The van der Waals surface area contributed by atoms with E-state index >= 15 is 0 Å². The predicted molar refractivity (Wildman–Crippen MR) is 78.5 cm³/mol. The van der Waals surface area contributed by atoms with Crippen LogP contribution in [0.1, 0.15) is 17.3 Å². The summed E-state index contributed by atoms with van der Waals surface area (Å²) in [4.78, 5) is 26.5. The molecule has 2 aromatic rings. The molecule has 0 bridgehead atoms. The number of esters is 1. The second-order valence-electron chi connectivity index (χ2n) is 3.97. The van der Waals surface area contributed by atoms with Gasteiger partial charge >= 0.3 is 5.97 Å². The number of aromatic amines is 1. The molecule has 0 aliphatic heterocycles. The van der Waals surface area contributed by atoms with Gasteiger partial charge in [0.05, 0.1) is 17.7 Å². The van der Waals surface area contributed by atoms with Crippen molar-refractivity contribution in [3.05, 3.63) is 56.4 Å². The van der Waals surface area contributed by atoms with Crippen LogP contribution in [0.5, 0.6) is 0 Å². The summed E-state index contributed by atoms with van der Waals surface area (Å²) in [6, 6.07) is 6.18. The van der Waals surface area contributed by atoms with Crippen LogP contribution in [0.3, 0.4) is 0 Å². The first-order chi connectivity index (χ1) is 9.52. The molecule has 0 saturated heterocycles. The molecular formula is C14H11Cl2NO3. The maximum absolute atomic E-state index is 12.0. The van der Waals surface area contributed by atoms with Crippen LogP contribution in [-0.2, 0) is 4.74 Å². The highest BCUT2D eigenvalue weighted by molar-refractivity contribution is 6.35. The van der Waals surface area contributed by atoms with E-state index in [4.69, 9.17) is 27.9 Å². The first-order valence-corrected chi connectivity index (χ1v) is 6.63. The second-order valence-corrected chi connectivity index (χ2v) is 4.85. The van der Waals surface area contributed by atoms with Gasteiger partial charge in [-0.15, -0.1) is 0 Å². The average Bonchev–Trinajstić information content (AvgIpc) is 2.37. The van der Waals surface area contributed by atoms with Crippen LogP contribution in [0.4, 0.5) is 0 Å². The van der Waals surface area contributed by atoms with Gasteiger partial charge in [-0.25, -0.2) is 4.79 Å². The lowest BCUT2D eigenvalue weighted by atomic mass is 10.0. The van der Waals surface area contributed by atoms with E-state index < -0.39 is 11.5 Å². The zero-order valence-electron chi connectivity index (χ0n) is 10.6. The molecule has 0 radical (unpaired) electrons. The van der Waals surface area contributed by atoms with Gasteiger partial charge in [-0.05, 0) is 36.8 Å². The number of hydrogen-bond acceptors (Lipinski definition) is 3. The largest absolute Gasteiger partial charge is 0.462 e. The molecule has 1 N–H and O–H groups in total. The fourth-order valence-electron chi connectivity index (χ4n) is 1.84. The van der Waals surface area contributed by atoms with Gasteiger partial charge in [-0.2, -0.15) is 0 Å². The number of halogens is 2. The highest BCUT2D eigenvalue weighted by Gasteiger charge is 2.17. The van der Waals surface area contributed by atoms with Crippen molar-refractivity contribution in [2.75, 3.05) is 6.61 Å². The van der Waals surface area contributed by atoms with E-state index in [1.54, 1.807) is 25.1 Å². The van der Waals surface area contributed by atoms with Crippen molar-refractivity contribution in [2.24, 2.45) is 0 Å². The number of hydrogen-bond donors (Lipinski definition) is 1. The summed E-state index contributed by atoms with van der Waals surface area (Å²) in [5.41, 5.74) is 0.422. The van der Waals surface area contributed by atoms with Crippen LogP contribution in [0.2, 0.25) is 10.0 Å². The molecule has 4 nitrogen and oxygen atoms in total. The smallest absolute Gasteiger partial charge is 0.339 e. The fraction of sp³-hybridized carbons (Fsp3) is 0.143. The van der Waals surface area contributed by atoms with Gasteiger partial charge in [0.25, 0.3) is 5.56 Å². The van der Waals surface area contributed by atoms with Crippen LogP contribution in [-0.4, -0.2) is 17.6 Å². The first kappa shape index (κ1) is 14.6. The van der Waals surface area contributed by atoms with E-state index in [1.165, 1.54) is 12.3 Å². The molecule has 0 amide bonds. The Kier molecular flexibility index (Phi) is 4.47. The first-order valence-electron chi connectivity index (χ1n) is 5.88. The maximum Gasteiger partial charge on any atom is 0.339 e. The summed E-state index contributed by atoms with van der Waals surface area (Å²) < 4.78 is 4.95. The number of nitrogens with one attached hydrogen (secondary N) is 1. The molecular weight excluding hydrogens is 301 g/mol. The van der Waals surface area contributed by atoms with Crippen LogP contribution in [0.25, 0.3) is 11.1 Å². The highest BCUT2D eigenvalue weighted by Crippen LogP contribution is 2.27. The van der Waals surface area contributed by atoms with Crippen molar-refractivity contribution in [2.45, 2.75) is 6.92 Å². The van der Waals surface area contributed by atoms with Gasteiger partial charge in [0.2, 0.25) is 0 Å². The normalized spacial score (nSPS) is 10.3. The quantitative estimate of drug-likeness (QED) is 0.882.